The number of nitroso groups, excluding NO2 is 1. The van der Waals surface area contributed by atoms with Gasteiger partial charge in [0.1, 0.15) is 11.6 Å². The van der Waals surface area contributed by atoms with E-state index in [9.17, 15) is 4.91 Å². The minimum absolute atomic E-state index is 0.225. The fraction of sp³-hybridized carbons (Fsp3) is 0.522. The summed E-state index contributed by atoms with van der Waals surface area (Å²) in [6, 6.07) is 7.07. The first-order valence-corrected chi connectivity index (χ1v) is 11.4. The van der Waals surface area contributed by atoms with Crippen LogP contribution < -0.4 is 10.6 Å². The molecule has 2 aromatic rings. The smallest absolute Gasteiger partial charge is 0.271 e. The van der Waals surface area contributed by atoms with E-state index in [1.807, 2.05) is 32.1 Å². The van der Waals surface area contributed by atoms with Crippen molar-refractivity contribution >= 4 is 29.2 Å². The summed E-state index contributed by atoms with van der Waals surface area (Å²) < 4.78 is 1.04. The molecule has 0 aliphatic carbocycles. The predicted molar refractivity (Wildman–Crippen MR) is 123 cm³/mol. The van der Waals surface area contributed by atoms with Gasteiger partial charge in [0.15, 0.2) is 5.82 Å². The molecule has 0 radical (unpaired) electrons. The number of nitriles is 1. The molecule has 3 N–H and O–H groups in total. The second kappa shape index (κ2) is 8.36. The van der Waals surface area contributed by atoms with Crippen LogP contribution in [0.3, 0.4) is 0 Å². The number of piperidine rings is 1. The second-order valence-electron chi connectivity index (χ2n) is 9.12. The predicted octanol–water partition coefficient (Wildman–Crippen LogP) is 4.00. The van der Waals surface area contributed by atoms with E-state index >= 15 is 0 Å². The number of hydrogen-bond donors (Lipinski definition) is 3. The lowest BCUT2D eigenvalue weighted by Crippen LogP contribution is -2.47. The maximum atomic E-state index is 12.9. The molecule has 0 aromatic carbocycles. The molecular formula is C23H29N8O+. The highest BCUT2D eigenvalue weighted by Gasteiger charge is 2.41. The number of anilines is 3. The number of rotatable bonds is 6. The van der Waals surface area contributed by atoms with Gasteiger partial charge in [-0.15, -0.1) is 0 Å². The number of H-pyrrole nitrogens is 1. The lowest BCUT2D eigenvalue weighted by Gasteiger charge is -2.39. The SMILES string of the molecule is Cc1cc(Nc2cc3c(c(NC4CC5CC[C@@H](C4)N5CCC#N)n2)C=CC(C)[N+]3=O)n[nH]1. The third kappa shape index (κ3) is 3.86. The van der Waals surface area contributed by atoms with Crippen LogP contribution in [0, 0.1) is 23.2 Å². The first-order chi connectivity index (χ1) is 15.5. The Morgan fingerprint density at radius 1 is 1.28 bits per heavy atom. The van der Waals surface area contributed by atoms with E-state index in [0.717, 1.165) is 41.2 Å². The average Bonchev–Trinajstić information content (AvgIpc) is 3.28. The summed E-state index contributed by atoms with van der Waals surface area (Å²) in [5.41, 5.74) is 2.40. The number of aromatic amines is 1. The largest absolute Gasteiger partial charge is 0.366 e. The van der Waals surface area contributed by atoms with Crippen LogP contribution in [-0.4, -0.2) is 55.6 Å². The molecule has 9 nitrogen and oxygen atoms in total. The number of fused-ring (bicyclic) bond motifs is 3. The monoisotopic (exact) mass is 433 g/mol. The van der Waals surface area contributed by atoms with Crippen LogP contribution >= 0.6 is 0 Å². The van der Waals surface area contributed by atoms with E-state index in [0.29, 0.717) is 35.8 Å². The highest BCUT2D eigenvalue weighted by molar-refractivity contribution is 5.77. The summed E-state index contributed by atoms with van der Waals surface area (Å²) in [4.78, 5) is 20.2. The van der Waals surface area contributed by atoms with Crippen molar-refractivity contribution in [2.45, 2.75) is 70.1 Å². The van der Waals surface area contributed by atoms with Gasteiger partial charge < -0.3 is 10.6 Å². The Bertz CT molecular complexity index is 1090. The molecule has 5 rings (SSSR count). The van der Waals surface area contributed by atoms with E-state index in [-0.39, 0.29) is 12.1 Å². The first-order valence-electron chi connectivity index (χ1n) is 11.4. The summed E-state index contributed by atoms with van der Waals surface area (Å²) >= 11 is 0. The van der Waals surface area contributed by atoms with Gasteiger partial charge in [0.25, 0.3) is 5.69 Å². The second-order valence-corrected chi connectivity index (χ2v) is 9.12. The summed E-state index contributed by atoms with van der Waals surface area (Å²) in [5.74, 6) is 1.99. The Morgan fingerprint density at radius 3 is 2.75 bits per heavy atom. The summed E-state index contributed by atoms with van der Waals surface area (Å²) in [6.45, 7) is 4.69. The minimum Gasteiger partial charge on any atom is -0.366 e. The fourth-order valence-corrected chi connectivity index (χ4v) is 5.34. The lowest BCUT2D eigenvalue weighted by molar-refractivity contribution is -0.489. The van der Waals surface area contributed by atoms with Crippen LogP contribution in [0.5, 0.6) is 0 Å². The third-order valence-electron chi connectivity index (χ3n) is 6.85. The molecular weight excluding hydrogens is 404 g/mol. The number of aryl methyl sites for hydroxylation is 1. The number of pyridine rings is 1. The molecule has 0 spiro atoms. The summed E-state index contributed by atoms with van der Waals surface area (Å²) in [7, 11) is 0. The summed E-state index contributed by atoms with van der Waals surface area (Å²) in [5, 5.41) is 23.0. The average molecular weight is 434 g/mol. The number of nitrogens with one attached hydrogen (secondary N) is 3. The third-order valence-corrected chi connectivity index (χ3v) is 6.85. The molecule has 0 amide bonds. The van der Waals surface area contributed by atoms with Gasteiger partial charge in [0.2, 0.25) is 6.04 Å². The molecule has 2 fully saturated rings. The van der Waals surface area contributed by atoms with Crippen molar-refractivity contribution in [2.75, 3.05) is 17.2 Å². The maximum Gasteiger partial charge on any atom is 0.271 e. The Labute approximate surface area is 187 Å². The van der Waals surface area contributed by atoms with Gasteiger partial charge >= 0.3 is 0 Å². The molecule has 0 saturated carbocycles. The number of hydrogen-bond acceptors (Lipinski definition) is 7. The van der Waals surface area contributed by atoms with Crippen molar-refractivity contribution in [1.82, 2.24) is 20.1 Å². The van der Waals surface area contributed by atoms with E-state index < -0.39 is 0 Å². The Balaban J connectivity index is 1.41. The van der Waals surface area contributed by atoms with E-state index in [4.69, 9.17) is 10.2 Å². The fourth-order valence-electron chi connectivity index (χ4n) is 5.34. The van der Waals surface area contributed by atoms with E-state index in [2.05, 4.69) is 31.8 Å². The lowest BCUT2D eigenvalue weighted by atomic mass is 9.96. The van der Waals surface area contributed by atoms with Crippen molar-refractivity contribution in [2.24, 2.45) is 0 Å². The zero-order valence-electron chi connectivity index (χ0n) is 18.5. The highest BCUT2D eigenvalue weighted by atomic mass is 16.3. The zero-order chi connectivity index (χ0) is 22.2. The van der Waals surface area contributed by atoms with Gasteiger partial charge in [-0.2, -0.15) is 10.4 Å². The number of aromatic nitrogens is 3. The normalized spacial score (nSPS) is 26.6. The topological polar surface area (TPSA) is 113 Å². The minimum atomic E-state index is -0.225. The van der Waals surface area contributed by atoms with E-state index in [1.165, 1.54) is 12.8 Å². The first kappa shape index (κ1) is 20.6. The molecule has 3 aliphatic heterocycles. The standard InChI is InChI=1S/C23H29N8O/c1-14-10-22(29-28-14)26-21-13-20-19(7-4-15(2)31(20)32)23(27-21)25-16-11-17-5-6-18(12-16)30(17)9-3-8-24/h4,7,10,13,15-18H,3,5-6,9,11-12H2,1-2H3,(H3,25,26,27,28,29)/q+1/t15?,16?,17-,18?/m0/s1. The Morgan fingerprint density at radius 2 is 2.06 bits per heavy atom. The van der Waals surface area contributed by atoms with Crippen molar-refractivity contribution in [3.05, 3.63) is 34.4 Å². The van der Waals surface area contributed by atoms with Gasteiger partial charge in [-0.25, -0.2) is 4.98 Å². The van der Waals surface area contributed by atoms with Crippen LogP contribution in [0.2, 0.25) is 0 Å². The molecule has 5 heterocycles. The van der Waals surface area contributed by atoms with E-state index in [1.54, 1.807) is 6.07 Å². The van der Waals surface area contributed by atoms with Crippen molar-refractivity contribution < 1.29 is 4.76 Å². The van der Waals surface area contributed by atoms with Gasteiger partial charge in [-0.3, -0.25) is 10.00 Å². The van der Waals surface area contributed by atoms with Gasteiger partial charge in [0.05, 0.1) is 17.7 Å². The zero-order valence-corrected chi connectivity index (χ0v) is 18.5. The van der Waals surface area contributed by atoms with Crippen LogP contribution in [0.25, 0.3) is 6.08 Å². The van der Waals surface area contributed by atoms with Crippen LogP contribution in [-0.2, 0) is 0 Å². The molecule has 3 aliphatic rings. The Hall–Kier alpha value is -3.25. The number of nitrogens with zero attached hydrogens (tertiary/aromatic N) is 5. The van der Waals surface area contributed by atoms with Gasteiger partial charge in [0, 0.05) is 59.4 Å². The van der Waals surface area contributed by atoms with Crippen molar-refractivity contribution in [3.63, 3.8) is 0 Å². The van der Waals surface area contributed by atoms with Gasteiger partial charge in [-0.05, 0) is 44.8 Å². The highest BCUT2D eigenvalue weighted by Crippen LogP contribution is 2.39. The van der Waals surface area contributed by atoms with Gasteiger partial charge in [-0.1, -0.05) is 0 Å². The molecule has 32 heavy (non-hydrogen) atoms. The molecule has 4 atom stereocenters. The van der Waals surface area contributed by atoms with Crippen molar-refractivity contribution in [3.8, 4) is 6.07 Å². The van der Waals surface area contributed by atoms with Crippen LogP contribution in [0.1, 0.15) is 50.3 Å². The Kier molecular flexibility index (Phi) is 5.39. The quantitative estimate of drug-likeness (QED) is 0.590. The molecule has 2 bridgehead atoms. The molecule has 9 heteroatoms. The van der Waals surface area contributed by atoms with Crippen molar-refractivity contribution in [1.29, 1.82) is 5.26 Å². The maximum absolute atomic E-state index is 12.9. The van der Waals surface area contributed by atoms with Crippen LogP contribution in [0.15, 0.2) is 18.2 Å². The molecule has 3 unspecified atom stereocenters. The molecule has 2 aromatic heterocycles. The molecule has 2 saturated heterocycles. The van der Waals surface area contributed by atoms with Crippen LogP contribution in [0.4, 0.5) is 23.1 Å². The molecule has 166 valence electrons. The summed E-state index contributed by atoms with van der Waals surface area (Å²) in [6.07, 6.45) is 8.93.